The zero-order valence-corrected chi connectivity index (χ0v) is 30.3. The van der Waals surface area contributed by atoms with Crippen molar-refractivity contribution in [3.8, 4) is 0 Å². The van der Waals surface area contributed by atoms with Crippen LogP contribution in [0.25, 0.3) is 0 Å². The van der Waals surface area contributed by atoms with E-state index in [-0.39, 0.29) is 24.0 Å². The van der Waals surface area contributed by atoms with Crippen LogP contribution in [0, 0.1) is 0 Å². The van der Waals surface area contributed by atoms with Crippen LogP contribution in [0.15, 0.2) is 0 Å². The normalized spacial score (nSPS) is 12.1. The molecule has 6 heteroatoms. The summed E-state index contributed by atoms with van der Waals surface area (Å²) in [5, 5.41) is 0. The third-order valence-corrected chi connectivity index (χ3v) is 9.52. The molecule has 0 rings (SSSR count). The molecule has 0 heterocycles. The van der Waals surface area contributed by atoms with E-state index in [1.807, 2.05) is 0 Å². The van der Waals surface area contributed by atoms with E-state index < -0.39 is 7.60 Å². The molecule has 0 aliphatic rings. The molecule has 0 saturated heterocycles. The molecule has 0 radical (unpaired) electrons. The summed E-state index contributed by atoms with van der Waals surface area (Å²) in [7, 11) is 3.42. The molecule has 0 bridgehead atoms. The molecule has 0 aromatic heterocycles. The van der Waals surface area contributed by atoms with Gasteiger partial charge < -0.3 is 37.5 Å². The van der Waals surface area contributed by atoms with Crippen LogP contribution in [-0.4, -0.2) is 51.5 Å². The Hall–Kier alpha value is 0.840. The Bertz CT molecular complexity index is 494. The van der Waals surface area contributed by atoms with E-state index in [2.05, 4.69) is 35.0 Å². The summed E-state index contributed by atoms with van der Waals surface area (Å²) in [5.74, 6) is 0. The van der Waals surface area contributed by atoms with Crippen LogP contribution in [0.3, 0.4) is 0 Å². The maximum Gasteiger partial charge on any atom is 0.336 e. The Kier molecular flexibility index (Phi) is 32.6. The van der Waals surface area contributed by atoms with E-state index in [0.717, 1.165) is 23.9 Å². The summed E-state index contributed by atoms with van der Waals surface area (Å²) in [6.07, 6.45) is 32.3. The summed E-state index contributed by atoms with van der Waals surface area (Å²) in [4.78, 5) is 0. The fourth-order valence-electron chi connectivity index (χ4n) is 4.88. The Labute approximate surface area is 263 Å². The van der Waals surface area contributed by atoms with Crippen LogP contribution >= 0.6 is 7.60 Å². The van der Waals surface area contributed by atoms with Gasteiger partial charge in [-0.2, -0.15) is 0 Å². The molecule has 0 aromatic rings. The number of hydrogen-bond acceptors (Lipinski definition) is 3. The average Bonchev–Trinajstić information content (AvgIpc) is 2.88. The number of hydrogen-bond donors (Lipinski definition) is 0. The van der Waals surface area contributed by atoms with Crippen molar-refractivity contribution in [1.82, 2.24) is 0 Å². The topological polar surface area (TPSA) is 35.5 Å². The van der Waals surface area contributed by atoms with Gasteiger partial charge in [-0.05, 0) is 12.8 Å². The van der Waals surface area contributed by atoms with Gasteiger partial charge in [-0.3, -0.25) is 4.57 Å². The average molecular weight is 688 g/mol. The van der Waals surface area contributed by atoms with Crippen LogP contribution in [-0.2, 0) is 13.6 Å². The van der Waals surface area contributed by atoms with E-state index in [9.17, 15) is 4.57 Å². The van der Waals surface area contributed by atoms with Gasteiger partial charge in [0.2, 0.25) is 0 Å². The Morgan fingerprint density at radius 2 is 0.718 bits per heavy atom. The van der Waals surface area contributed by atoms with Crippen LogP contribution < -0.4 is 24.0 Å². The van der Waals surface area contributed by atoms with Gasteiger partial charge in [0.05, 0.1) is 47.1 Å². The van der Waals surface area contributed by atoms with Crippen molar-refractivity contribution in [3.63, 3.8) is 0 Å². The molecule has 0 aliphatic carbocycles. The predicted molar refractivity (Wildman–Crippen MR) is 169 cm³/mol. The smallest absolute Gasteiger partial charge is 0.336 e. The van der Waals surface area contributed by atoms with E-state index in [1.54, 1.807) is 0 Å². The first-order chi connectivity index (χ1) is 18.3. The second kappa shape index (κ2) is 30.3. The van der Waals surface area contributed by atoms with Crippen LogP contribution in [0.5, 0.6) is 0 Å². The lowest BCUT2D eigenvalue weighted by atomic mass is 10.1. The molecule has 0 aliphatic heterocycles. The zero-order chi connectivity index (χ0) is 28.2. The number of nitrogens with zero attached hydrogens (tertiary/aromatic N) is 1. The molecule has 0 saturated carbocycles. The molecule has 4 nitrogen and oxygen atoms in total. The molecule has 0 amide bonds. The van der Waals surface area contributed by atoms with Crippen molar-refractivity contribution >= 4 is 7.60 Å². The largest absolute Gasteiger partial charge is 1.00 e. The molecule has 0 spiro atoms. The van der Waals surface area contributed by atoms with Crippen molar-refractivity contribution in [3.05, 3.63) is 0 Å². The predicted octanol–water partition coefficient (Wildman–Crippen LogP) is 8.33. The van der Waals surface area contributed by atoms with Gasteiger partial charge >= 0.3 is 7.60 Å². The summed E-state index contributed by atoms with van der Waals surface area (Å²) in [6.45, 7) is 6.52. The van der Waals surface area contributed by atoms with Crippen LogP contribution in [0.4, 0.5) is 0 Å². The second-order valence-corrected chi connectivity index (χ2v) is 15.0. The van der Waals surface area contributed by atoms with Crippen LogP contribution in [0.1, 0.15) is 168 Å². The number of unbranched alkanes of at least 4 members (excludes halogenated alkanes) is 22. The highest BCUT2D eigenvalue weighted by atomic mass is 127. The summed E-state index contributed by atoms with van der Waals surface area (Å²) >= 11 is 0. The molecule has 238 valence electrons. The Balaban J connectivity index is 0. The summed E-state index contributed by atoms with van der Waals surface area (Å²) in [6, 6.07) is 0. The lowest BCUT2D eigenvalue weighted by Crippen LogP contribution is -3.00. The molecule has 0 N–H and O–H groups in total. The van der Waals surface area contributed by atoms with Crippen molar-refractivity contribution in [1.29, 1.82) is 0 Å². The Morgan fingerprint density at radius 1 is 0.462 bits per heavy atom. The van der Waals surface area contributed by atoms with Gasteiger partial charge in [0, 0.05) is 0 Å². The molecular formula is C33H71INO3P. The van der Waals surface area contributed by atoms with Crippen LogP contribution in [0.2, 0.25) is 0 Å². The molecule has 0 atom stereocenters. The first-order valence-electron chi connectivity index (χ1n) is 17.0. The van der Waals surface area contributed by atoms with Gasteiger partial charge in [0.25, 0.3) is 0 Å². The molecular weight excluding hydrogens is 616 g/mol. The minimum atomic E-state index is -3.00. The first-order valence-corrected chi connectivity index (χ1v) is 18.7. The van der Waals surface area contributed by atoms with Gasteiger partial charge in [-0.15, -0.1) is 0 Å². The lowest BCUT2D eigenvalue weighted by Gasteiger charge is -2.26. The zero-order valence-electron chi connectivity index (χ0n) is 27.3. The second-order valence-electron chi connectivity index (χ2n) is 12.8. The van der Waals surface area contributed by atoms with Crippen molar-refractivity contribution in [2.75, 3.05) is 47.1 Å². The summed E-state index contributed by atoms with van der Waals surface area (Å²) in [5.41, 5.74) is 0. The Morgan fingerprint density at radius 3 is 0.974 bits per heavy atom. The fourth-order valence-corrected chi connectivity index (χ4v) is 6.87. The molecule has 0 aromatic carbocycles. The van der Waals surface area contributed by atoms with E-state index in [0.29, 0.717) is 19.4 Å². The fraction of sp³-hybridized carbons (Fsp3) is 1.00. The minimum Gasteiger partial charge on any atom is -1.00 e. The number of rotatable bonds is 31. The van der Waals surface area contributed by atoms with Crippen molar-refractivity contribution in [2.45, 2.75) is 168 Å². The van der Waals surface area contributed by atoms with Gasteiger partial charge in [0.15, 0.2) is 0 Å². The standard InChI is InChI=1S/C33H71NO3P.HI/c1-6-8-10-12-14-16-18-20-22-24-26-28-31-36-38(35,33-30-34(3,4)5)37-32-29-27-25-23-21-19-17-15-13-11-9-7-2;/h6-33H2,1-5H3;1H/q+1;/p-1. The third-order valence-electron chi connectivity index (χ3n) is 7.62. The van der Waals surface area contributed by atoms with E-state index in [4.69, 9.17) is 9.05 Å². The molecule has 39 heavy (non-hydrogen) atoms. The third kappa shape index (κ3) is 33.2. The van der Waals surface area contributed by atoms with Gasteiger partial charge in [0.1, 0.15) is 0 Å². The van der Waals surface area contributed by atoms with Crippen molar-refractivity contribution in [2.24, 2.45) is 0 Å². The lowest BCUT2D eigenvalue weighted by molar-refractivity contribution is -0.867. The van der Waals surface area contributed by atoms with Gasteiger partial charge in [-0.25, -0.2) is 0 Å². The molecule has 0 unspecified atom stereocenters. The first kappa shape index (κ1) is 42.0. The quantitative estimate of drug-likeness (QED) is 0.0318. The maximum atomic E-state index is 13.4. The van der Waals surface area contributed by atoms with Crippen molar-refractivity contribution < 1.29 is 42.1 Å². The van der Waals surface area contributed by atoms with E-state index >= 15 is 0 Å². The summed E-state index contributed by atoms with van der Waals surface area (Å²) < 4.78 is 26.1. The highest BCUT2D eigenvalue weighted by Crippen LogP contribution is 2.48. The molecule has 0 fully saturated rings. The highest BCUT2D eigenvalue weighted by molar-refractivity contribution is 7.53. The maximum absolute atomic E-state index is 13.4. The van der Waals surface area contributed by atoms with E-state index in [1.165, 1.54) is 141 Å². The highest BCUT2D eigenvalue weighted by Gasteiger charge is 2.27. The number of halogens is 1. The minimum absolute atomic E-state index is 0. The SMILES string of the molecule is CCCCCCCCCCCCCCOP(=O)(CC[N+](C)(C)C)OCCCCCCCCCCCCCC.[I-]. The monoisotopic (exact) mass is 687 g/mol. The van der Waals surface area contributed by atoms with Gasteiger partial charge in [-0.1, -0.05) is 155 Å². The number of quaternary nitrogens is 1.